The molecule has 2 aromatic rings. The van der Waals surface area contributed by atoms with E-state index < -0.39 is 58.9 Å². The molecule has 50 heavy (non-hydrogen) atoms. The highest BCUT2D eigenvalue weighted by molar-refractivity contribution is 5.84. The minimum Gasteiger partial charge on any atom is -0.493 e. The van der Waals surface area contributed by atoms with E-state index in [1.807, 2.05) is 19.2 Å². The van der Waals surface area contributed by atoms with E-state index in [0.717, 1.165) is 11.1 Å². The van der Waals surface area contributed by atoms with Gasteiger partial charge in [-0.1, -0.05) is 36.4 Å². The molecular weight excluding hydrogens is 648 g/mol. The molecule has 2 unspecified atom stereocenters. The first-order valence-corrected chi connectivity index (χ1v) is 16.8. The number of nitrogens with one attached hydrogen (secondary N) is 1. The number of amides is 1. The third-order valence-electron chi connectivity index (χ3n) is 10.0. The van der Waals surface area contributed by atoms with E-state index in [0.29, 0.717) is 36.4 Å². The first kappa shape index (κ1) is 35.2. The Labute approximate surface area is 290 Å². The molecule has 4 aliphatic rings. The van der Waals surface area contributed by atoms with Crippen LogP contribution in [0.25, 0.3) is 0 Å². The quantitative estimate of drug-likeness (QED) is 0.276. The van der Waals surface area contributed by atoms with Crippen molar-refractivity contribution in [2.45, 2.75) is 94.3 Å². The molecule has 6 rings (SSSR count). The molecule has 0 radical (unpaired) electrons. The van der Waals surface area contributed by atoms with E-state index >= 15 is 0 Å². The fourth-order valence-electron chi connectivity index (χ4n) is 7.73. The first-order valence-electron chi connectivity index (χ1n) is 16.8. The Kier molecular flexibility index (Phi) is 9.33. The van der Waals surface area contributed by atoms with Crippen LogP contribution in [0.2, 0.25) is 0 Å². The number of carbonyl (C=O) groups is 4. The summed E-state index contributed by atoms with van der Waals surface area (Å²) in [6.07, 6.45) is -1.56. The Bertz CT molecular complexity index is 1700. The van der Waals surface area contributed by atoms with Gasteiger partial charge in [0.15, 0.2) is 23.7 Å². The van der Waals surface area contributed by atoms with Crippen molar-refractivity contribution in [3.8, 4) is 11.5 Å². The average Bonchev–Trinajstić information content (AvgIpc) is 3.42. The second kappa shape index (κ2) is 13.3. The molecule has 2 N–H and O–H groups in total. The third-order valence-corrected chi connectivity index (χ3v) is 10.0. The van der Waals surface area contributed by atoms with E-state index in [2.05, 4.69) is 10.2 Å². The van der Waals surface area contributed by atoms with Gasteiger partial charge in [0.2, 0.25) is 6.10 Å². The van der Waals surface area contributed by atoms with Crippen molar-refractivity contribution < 1.29 is 52.7 Å². The molecule has 13 nitrogen and oxygen atoms in total. The number of piperidine rings is 1. The molecule has 268 valence electrons. The van der Waals surface area contributed by atoms with Crippen LogP contribution in [0, 0.1) is 0 Å². The lowest BCUT2D eigenvalue weighted by Crippen LogP contribution is -2.74. The van der Waals surface area contributed by atoms with E-state index in [1.165, 1.54) is 6.92 Å². The van der Waals surface area contributed by atoms with Gasteiger partial charge in [-0.3, -0.25) is 9.59 Å². The maximum Gasteiger partial charge on any atom is 0.509 e. The van der Waals surface area contributed by atoms with Gasteiger partial charge >= 0.3 is 18.1 Å². The first-order chi connectivity index (χ1) is 23.7. The van der Waals surface area contributed by atoms with Crippen LogP contribution in [-0.4, -0.2) is 90.7 Å². The van der Waals surface area contributed by atoms with Crippen LogP contribution in [0.4, 0.5) is 4.79 Å². The molecule has 1 fully saturated rings. The van der Waals surface area contributed by atoms with Crippen molar-refractivity contribution in [3.05, 3.63) is 71.0 Å². The van der Waals surface area contributed by atoms with Crippen LogP contribution in [-0.2, 0) is 45.2 Å². The largest absolute Gasteiger partial charge is 0.509 e. The third kappa shape index (κ3) is 6.17. The van der Waals surface area contributed by atoms with E-state index in [-0.39, 0.29) is 31.2 Å². The van der Waals surface area contributed by atoms with E-state index in [4.69, 9.17) is 28.4 Å². The van der Waals surface area contributed by atoms with Gasteiger partial charge in [-0.25, -0.2) is 9.59 Å². The summed E-state index contributed by atoms with van der Waals surface area (Å²) < 4.78 is 34.0. The van der Waals surface area contributed by atoms with Gasteiger partial charge in [-0.2, -0.15) is 0 Å². The summed E-state index contributed by atoms with van der Waals surface area (Å²) in [4.78, 5) is 53.5. The second-order valence-corrected chi connectivity index (χ2v) is 14.3. The SMILES string of the molecule is COc1ccc2c3c1O[C@H]1C(OC(=O)C(OC(=O)CCNC(=O)C(C)OC(=O)OC(C)(C)C)c4ccccc4)=CC[C@@]4(O)[C@@H](C2)N(C)CC[C@]314. The molecule has 1 saturated heterocycles. The van der Waals surface area contributed by atoms with Crippen molar-refractivity contribution >= 4 is 24.0 Å². The van der Waals surface area contributed by atoms with Gasteiger partial charge < -0.3 is 43.7 Å². The highest BCUT2D eigenvalue weighted by atomic mass is 16.7. The number of ether oxygens (including phenoxy) is 6. The lowest BCUT2D eigenvalue weighted by Gasteiger charge is -2.61. The van der Waals surface area contributed by atoms with Crippen LogP contribution in [0.3, 0.4) is 0 Å². The Hall–Kier alpha value is -4.62. The number of rotatable bonds is 10. The predicted octanol–water partition coefficient (Wildman–Crippen LogP) is 3.65. The smallest absolute Gasteiger partial charge is 0.493 e. The Morgan fingerprint density at radius 1 is 1.10 bits per heavy atom. The number of aliphatic hydroxyl groups is 1. The minimum absolute atomic E-state index is 0.142. The summed E-state index contributed by atoms with van der Waals surface area (Å²) in [7, 11) is 3.57. The van der Waals surface area contributed by atoms with Gasteiger partial charge in [-0.05, 0) is 71.8 Å². The Morgan fingerprint density at radius 2 is 1.84 bits per heavy atom. The van der Waals surface area contributed by atoms with Crippen LogP contribution >= 0.6 is 0 Å². The zero-order chi connectivity index (χ0) is 36.0. The lowest BCUT2D eigenvalue weighted by molar-refractivity contribution is -0.176. The van der Waals surface area contributed by atoms with E-state index in [9.17, 15) is 24.3 Å². The number of esters is 2. The number of likely N-dealkylation sites (N-methyl/N-ethyl adjacent to an activating group) is 1. The van der Waals surface area contributed by atoms with E-state index in [1.54, 1.807) is 64.3 Å². The molecule has 2 aliphatic heterocycles. The zero-order valence-corrected chi connectivity index (χ0v) is 29.1. The number of benzene rings is 2. The summed E-state index contributed by atoms with van der Waals surface area (Å²) in [6.45, 7) is 6.95. The maximum absolute atomic E-state index is 13.9. The second-order valence-electron chi connectivity index (χ2n) is 14.3. The normalized spacial score (nSPS) is 25.9. The standard InChI is InChI=1S/C37H44N2O11/c1-21(46-34(43)50-35(2,3)4)32(41)38-18-15-27(40)48-29(22-10-8-7-9-11-22)33(42)47-25-14-16-37(44)26-20-23-12-13-24(45-6)30-28(23)36(37,31(25)49-30)17-19-39(26)5/h7-14,21,26,29,31,44H,15-20H2,1-6H3,(H,38,41)/t21?,26-,29?,31+,36+,37-/m1/s1. The highest BCUT2D eigenvalue weighted by Crippen LogP contribution is 2.65. The summed E-state index contributed by atoms with van der Waals surface area (Å²) in [5.74, 6) is -0.939. The van der Waals surface area contributed by atoms with Crippen LogP contribution in [0.5, 0.6) is 11.5 Å². The Balaban J connectivity index is 1.17. The van der Waals surface area contributed by atoms with Crippen molar-refractivity contribution in [1.82, 2.24) is 10.2 Å². The molecular formula is C37H44N2O11. The predicted molar refractivity (Wildman–Crippen MR) is 177 cm³/mol. The molecule has 13 heteroatoms. The summed E-state index contributed by atoms with van der Waals surface area (Å²) in [5.41, 5.74) is -0.510. The fourth-order valence-corrected chi connectivity index (χ4v) is 7.73. The van der Waals surface area contributed by atoms with Gasteiger partial charge in [0.05, 0.1) is 24.5 Å². The topological polar surface area (TPSA) is 159 Å². The van der Waals surface area contributed by atoms with Crippen molar-refractivity contribution in [1.29, 1.82) is 0 Å². The molecule has 2 heterocycles. The number of nitrogens with zero attached hydrogens (tertiary/aromatic N) is 1. The van der Waals surface area contributed by atoms with Crippen LogP contribution in [0.1, 0.15) is 69.8 Å². The molecule has 2 aromatic carbocycles. The van der Waals surface area contributed by atoms with Crippen molar-refractivity contribution in [3.63, 3.8) is 0 Å². The number of hydrogen-bond donors (Lipinski definition) is 2. The van der Waals surface area contributed by atoms with Gasteiger partial charge in [0.25, 0.3) is 5.91 Å². The number of hydrogen-bond acceptors (Lipinski definition) is 12. The minimum atomic E-state index is -1.43. The maximum atomic E-state index is 13.9. The summed E-state index contributed by atoms with van der Waals surface area (Å²) in [5, 5.41) is 15.0. The zero-order valence-electron chi connectivity index (χ0n) is 29.1. The van der Waals surface area contributed by atoms with Crippen molar-refractivity contribution in [2.75, 3.05) is 27.2 Å². The molecule has 1 spiro atoms. The van der Waals surface area contributed by atoms with Gasteiger partial charge in [-0.15, -0.1) is 0 Å². The number of carbonyl (C=O) groups excluding carboxylic acids is 4. The average molecular weight is 693 g/mol. The van der Waals surface area contributed by atoms with Crippen LogP contribution in [0.15, 0.2) is 54.3 Å². The summed E-state index contributed by atoms with van der Waals surface area (Å²) in [6, 6.07) is 12.2. The molecule has 1 amide bonds. The lowest BCUT2D eigenvalue weighted by atomic mass is 9.50. The molecule has 0 saturated carbocycles. The fraction of sp³-hybridized carbons (Fsp3) is 0.514. The van der Waals surface area contributed by atoms with Gasteiger partial charge in [0, 0.05) is 30.1 Å². The molecule has 0 aromatic heterocycles. The Morgan fingerprint density at radius 3 is 2.54 bits per heavy atom. The van der Waals surface area contributed by atoms with Gasteiger partial charge in [0.1, 0.15) is 11.4 Å². The monoisotopic (exact) mass is 692 g/mol. The molecule has 2 bridgehead atoms. The number of likely N-dealkylation sites (tertiary alicyclic amines) is 1. The van der Waals surface area contributed by atoms with Crippen LogP contribution < -0.4 is 14.8 Å². The number of methoxy groups -OCH3 is 1. The summed E-state index contributed by atoms with van der Waals surface area (Å²) >= 11 is 0. The molecule has 2 aliphatic carbocycles. The molecule has 6 atom stereocenters. The highest BCUT2D eigenvalue weighted by Gasteiger charge is 2.72. The van der Waals surface area contributed by atoms with Crippen molar-refractivity contribution in [2.24, 2.45) is 0 Å².